The number of hydrogen-bond donors (Lipinski definition) is 1. The quantitative estimate of drug-likeness (QED) is 0.768. The van der Waals surface area contributed by atoms with Crippen molar-refractivity contribution in [2.24, 2.45) is 5.92 Å². The van der Waals surface area contributed by atoms with E-state index in [1.54, 1.807) is 4.88 Å². The van der Waals surface area contributed by atoms with Crippen molar-refractivity contribution < 1.29 is 0 Å². The van der Waals surface area contributed by atoms with E-state index in [0.717, 1.165) is 12.5 Å². The SMILES string of the molecule is CCCNCC1(c2cccs2)CCCC1C. The first-order valence-corrected chi connectivity index (χ1v) is 7.42. The van der Waals surface area contributed by atoms with E-state index in [0.29, 0.717) is 5.41 Å². The summed E-state index contributed by atoms with van der Waals surface area (Å²) in [5.41, 5.74) is 0.434. The van der Waals surface area contributed by atoms with Crippen molar-refractivity contribution >= 4 is 11.3 Å². The summed E-state index contributed by atoms with van der Waals surface area (Å²) >= 11 is 1.94. The molecule has 2 heteroatoms. The van der Waals surface area contributed by atoms with Crippen molar-refractivity contribution in [3.63, 3.8) is 0 Å². The second kappa shape index (κ2) is 5.33. The Morgan fingerprint density at radius 2 is 2.44 bits per heavy atom. The Balaban J connectivity index is 2.13. The number of nitrogens with one attached hydrogen (secondary N) is 1. The van der Waals surface area contributed by atoms with Crippen molar-refractivity contribution in [2.75, 3.05) is 13.1 Å². The normalized spacial score (nSPS) is 29.8. The van der Waals surface area contributed by atoms with Crippen LogP contribution in [-0.4, -0.2) is 13.1 Å². The Morgan fingerprint density at radius 1 is 1.56 bits per heavy atom. The smallest absolute Gasteiger partial charge is 0.0197 e. The van der Waals surface area contributed by atoms with Gasteiger partial charge in [-0.3, -0.25) is 0 Å². The van der Waals surface area contributed by atoms with Crippen LogP contribution in [0.15, 0.2) is 17.5 Å². The summed E-state index contributed by atoms with van der Waals surface area (Å²) in [6.07, 6.45) is 5.39. The zero-order chi connectivity index (χ0) is 11.4. The molecule has 1 N–H and O–H groups in total. The first-order chi connectivity index (χ1) is 7.79. The number of thiophene rings is 1. The molecule has 2 unspecified atom stereocenters. The molecule has 0 bridgehead atoms. The Bertz CT molecular complexity index is 307. The predicted octanol–water partition coefficient (Wildman–Crippen LogP) is 3.81. The molecule has 0 radical (unpaired) electrons. The highest BCUT2D eigenvalue weighted by molar-refractivity contribution is 7.10. The third-order valence-electron chi connectivity index (χ3n) is 4.08. The van der Waals surface area contributed by atoms with E-state index in [1.165, 1.54) is 32.2 Å². The molecule has 2 atom stereocenters. The first kappa shape index (κ1) is 12.1. The fraction of sp³-hybridized carbons (Fsp3) is 0.714. The molecule has 0 spiro atoms. The van der Waals surface area contributed by atoms with Crippen LogP contribution < -0.4 is 5.32 Å². The minimum absolute atomic E-state index is 0.434. The van der Waals surface area contributed by atoms with Gasteiger partial charge in [0, 0.05) is 16.8 Å². The van der Waals surface area contributed by atoms with Gasteiger partial charge in [0.15, 0.2) is 0 Å². The maximum Gasteiger partial charge on any atom is 0.0197 e. The summed E-state index contributed by atoms with van der Waals surface area (Å²) in [5, 5.41) is 5.87. The third-order valence-corrected chi connectivity index (χ3v) is 5.17. The molecular weight excluding hydrogens is 214 g/mol. The molecule has 1 aromatic heterocycles. The molecule has 0 aliphatic heterocycles. The van der Waals surface area contributed by atoms with E-state index in [2.05, 4.69) is 36.7 Å². The summed E-state index contributed by atoms with van der Waals surface area (Å²) in [7, 11) is 0. The van der Waals surface area contributed by atoms with Crippen molar-refractivity contribution in [3.05, 3.63) is 22.4 Å². The van der Waals surface area contributed by atoms with Crippen LogP contribution >= 0.6 is 11.3 Å². The van der Waals surface area contributed by atoms with Gasteiger partial charge in [-0.1, -0.05) is 26.3 Å². The average Bonchev–Trinajstić information content (AvgIpc) is 2.89. The van der Waals surface area contributed by atoms with Crippen LogP contribution in [0, 0.1) is 5.92 Å². The van der Waals surface area contributed by atoms with Crippen molar-refractivity contribution in [1.82, 2.24) is 5.32 Å². The van der Waals surface area contributed by atoms with Gasteiger partial charge < -0.3 is 5.32 Å². The fourth-order valence-electron chi connectivity index (χ4n) is 3.01. The lowest BCUT2D eigenvalue weighted by Crippen LogP contribution is -2.40. The van der Waals surface area contributed by atoms with E-state index < -0.39 is 0 Å². The highest BCUT2D eigenvalue weighted by atomic mass is 32.1. The highest BCUT2D eigenvalue weighted by Crippen LogP contribution is 2.46. The van der Waals surface area contributed by atoms with Crippen molar-refractivity contribution in [1.29, 1.82) is 0 Å². The van der Waals surface area contributed by atoms with E-state index in [9.17, 15) is 0 Å². The van der Waals surface area contributed by atoms with Gasteiger partial charge in [0.05, 0.1) is 0 Å². The highest BCUT2D eigenvalue weighted by Gasteiger charge is 2.41. The average molecular weight is 237 g/mol. The van der Waals surface area contributed by atoms with Crippen LogP contribution in [-0.2, 0) is 5.41 Å². The third kappa shape index (κ3) is 2.18. The molecule has 1 fully saturated rings. The summed E-state index contributed by atoms with van der Waals surface area (Å²) < 4.78 is 0. The minimum Gasteiger partial charge on any atom is -0.316 e. The molecule has 1 saturated carbocycles. The zero-order valence-corrected chi connectivity index (χ0v) is 11.3. The van der Waals surface area contributed by atoms with Crippen LogP contribution in [0.3, 0.4) is 0 Å². The molecule has 1 heterocycles. The standard InChI is InChI=1S/C14H23NS/c1-3-9-15-11-14(8-4-6-12(14)2)13-7-5-10-16-13/h5,7,10,12,15H,3-4,6,8-9,11H2,1-2H3. The minimum atomic E-state index is 0.434. The monoisotopic (exact) mass is 237 g/mol. The lowest BCUT2D eigenvalue weighted by molar-refractivity contribution is 0.324. The molecule has 2 rings (SSSR count). The lowest BCUT2D eigenvalue weighted by atomic mass is 9.77. The summed E-state index contributed by atoms with van der Waals surface area (Å²) in [6, 6.07) is 4.53. The largest absolute Gasteiger partial charge is 0.316 e. The van der Waals surface area contributed by atoms with Crippen LogP contribution in [0.25, 0.3) is 0 Å². The lowest BCUT2D eigenvalue weighted by Gasteiger charge is -2.33. The van der Waals surface area contributed by atoms with Crippen LogP contribution in [0.1, 0.15) is 44.4 Å². The van der Waals surface area contributed by atoms with Gasteiger partial charge in [0.1, 0.15) is 0 Å². The molecule has 16 heavy (non-hydrogen) atoms. The van der Waals surface area contributed by atoms with E-state index in [4.69, 9.17) is 0 Å². The predicted molar refractivity (Wildman–Crippen MR) is 72.2 cm³/mol. The van der Waals surface area contributed by atoms with E-state index in [1.807, 2.05) is 11.3 Å². The molecule has 0 saturated heterocycles. The molecule has 1 aromatic rings. The molecule has 1 aliphatic rings. The van der Waals surface area contributed by atoms with Gasteiger partial charge in [-0.05, 0) is 43.2 Å². The maximum absolute atomic E-state index is 3.64. The zero-order valence-electron chi connectivity index (χ0n) is 10.5. The molecule has 90 valence electrons. The number of hydrogen-bond acceptors (Lipinski definition) is 2. The number of rotatable bonds is 5. The Labute approximate surface area is 103 Å². The van der Waals surface area contributed by atoms with Gasteiger partial charge in [-0.2, -0.15) is 0 Å². The van der Waals surface area contributed by atoms with Gasteiger partial charge in [0.25, 0.3) is 0 Å². The summed E-state index contributed by atoms with van der Waals surface area (Å²) in [5.74, 6) is 0.829. The summed E-state index contributed by atoms with van der Waals surface area (Å²) in [6.45, 7) is 6.99. The van der Waals surface area contributed by atoms with Crippen LogP contribution in [0.5, 0.6) is 0 Å². The maximum atomic E-state index is 3.64. The Kier molecular flexibility index (Phi) is 4.04. The van der Waals surface area contributed by atoms with Gasteiger partial charge in [-0.25, -0.2) is 0 Å². The molecule has 0 amide bonds. The van der Waals surface area contributed by atoms with Crippen LogP contribution in [0.2, 0.25) is 0 Å². The van der Waals surface area contributed by atoms with Crippen LogP contribution in [0.4, 0.5) is 0 Å². The second-order valence-corrected chi connectivity index (χ2v) is 6.05. The molecule has 1 aliphatic carbocycles. The van der Waals surface area contributed by atoms with Crippen molar-refractivity contribution in [3.8, 4) is 0 Å². The second-order valence-electron chi connectivity index (χ2n) is 5.10. The van der Waals surface area contributed by atoms with Gasteiger partial charge in [0.2, 0.25) is 0 Å². The topological polar surface area (TPSA) is 12.0 Å². The van der Waals surface area contributed by atoms with E-state index in [-0.39, 0.29) is 0 Å². The Hall–Kier alpha value is -0.340. The molecule has 0 aromatic carbocycles. The fourth-order valence-corrected chi connectivity index (χ4v) is 4.08. The summed E-state index contributed by atoms with van der Waals surface area (Å²) in [4.78, 5) is 1.60. The van der Waals surface area contributed by atoms with Gasteiger partial charge in [-0.15, -0.1) is 11.3 Å². The first-order valence-electron chi connectivity index (χ1n) is 6.54. The molecule has 1 nitrogen and oxygen atoms in total. The van der Waals surface area contributed by atoms with Gasteiger partial charge >= 0.3 is 0 Å². The molecular formula is C14H23NS. The van der Waals surface area contributed by atoms with E-state index >= 15 is 0 Å². The Morgan fingerprint density at radius 3 is 3.00 bits per heavy atom. The van der Waals surface area contributed by atoms with Crippen molar-refractivity contribution in [2.45, 2.75) is 44.9 Å².